The van der Waals surface area contributed by atoms with Gasteiger partial charge in [0.2, 0.25) is 5.91 Å². The lowest BCUT2D eigenvalue weighted by Gasteiger charge is -2.29. The second kappa shape index (κ2) is 6.56. The number of carbonyl (C=O) groups excluding carboxylic acids is 1. The molecule has 0 aromatic carbocycles. The molecule has 1 N–H and O–H groups in total. The molecule has 2 aliphatic rings. The van der Waals surface area contributed by atoms with E-state index in [-0.39, 0.29) is 5.91 Å². The van der Waals surface area contributed by atoms with Gasteiger partial charge < -0.3 is 10.2 Å². The third-order valence-electron chi connectivity index (χ3n) is 4.97. The van der Waals surface area contributed by atoms with Crippen molar-refractivity contribution in [3.8, 4) is 0 Å². The molecule has 1 unspecified atom stereocenters. The molecule has 0 radical (unpaired) electrons. The number of rotatable bonds is 4. The average molecular weight is 291 g/mol. The molecular weight excluding hydrogens is 266 g/mol. The summed E-state index contributed by atoms with van der Waals surface area (Å²) in [5.74, 6) is 0.220. The Kier molecular flexibility index (Phi) is 4.53. The number of hydrogen-bond donors (Lipinski definition) is 1. The van der Waals surface area contributed by atoms with Crippen LogP contribution in [-0.2, 0) is 4.79 Å². The molecule has 1 aliphatic heterocycles. The van der Waals surface area contributed by atoms with E-state index in [4.69, 9.17) is 0 Å². The van der Waals surface area contributed by atoms with Crippen molar-refractivity contribution in [1.82, 2.24) is 25.0 Å². The van der Waals surface area contributed by atoms with Crippen molar-refractivity contribution < 1.29 is 4.79 Å². The Hall–Kier alpha value is -1.43. The minimum absolute atomic E-state index is 0.220. The summed E-state index contributed by atoms with van der Waals surface area (Å²) in [6.07, 6.45) is 10.6. The number of amides is 1. The van der Waals surface area contributed by atoms with Gasteiger partial charge in [0.15, 0.2) is 0 Å². The largest absolute Gasteiger partial charge is 0.353 e. The Morgan fingerprint density at radius 1 is 1.29 bits per heavy atom. The topological polar surface area (TPSA) is 63.1 Å². The van der Waals surface area contributed by atoms with E-state index in [1.807, 2.05) is 4.68 Å². The van der Waals surface area contributed by atoms with Crippen LogP contribution in [0.5, 0.6) is 0 Å². The standard InChI is InChI=1S/C15H25N5O/c1-19-8-2-3-14(19)9-15(21)18-12-4-6-13(7-5-12)20-11-16-10-17-20/h10-14H,2-9H2,1H3,(H,18,21). The highest BCUT2D eigenvalue weighted by Crippen LogP contribution is 2.27. The van der Waals surface area contributed by atoms with E-state index >= 15 is 0 Å². The van der Waals surface area contributed by atoms with Crippen molar-refractivity contribution in [2.24, 2.45) is 0 Å². The van der Waals surface area contributed by atoms with Gasteiger partial charge in [0, 0.05) is 18.5 Å². The van der Waals surface area contributed by atoms with E-state index < -0.39 is 0 Å². The summed E-state index contributed by atoms with van der Waals surface area (Å²) in [5.41, 5.74) is 0. The summed E-state index contributed by atoms with van der Waals surface area (Å²) in [7, 11) is 2.12. The molecule has 0 bridgehead atoms. The normalized spacial score (nSPS) is 30.4. The first-order valence-electron chi connectivity index (χ1n) is 8.06. The van der Waals surface area contributed by atoms with Gasteiger partial charge in [0.25, 0.3) is 0 Å². The van der Waals surface area contributed by atoms with Crippen molar-refractivity contribution in [2.45, 2.75) is 63.1 Å². The predicted octanol–water partition coefficient (Wildman–Crippen LogP) is 1.36. The lowest BCUT2D eigenvalue weighted by atomic mass is 9.91. The van der Waals surface area contributed by atoms with Gasteiger partial charge in [-0.25, -0.2) is 9.67 Å². The van der Waals surface area contributed by atoms with Crippen molar-refractivity contribution in [3.63, 3.8) is 0 Å². The highest BCUT2D eigenvalue weighted by molar-refractivity contribution is 5.76. The van der Waals surface area contributed by atoms with Crippen molar-refractivity contribution >= 4 is 5.91 Å². The number of carbonyl (C=O) groups is 1. The molecule has 21 heavy (non-hydrogen) atoms. The highest BCUT2D eigenvalue weighted by atomic mass is 16.1. The minimum atomic E-state index is 0.220. The van der Waals surface area contributed by atoms with Gasteiger partial charge in [-0.15, -0.1) is 0 Å². The number of hydrogen-bond acceptors (Lipinski definition) is 4. The van der Waals surface area contributed by atoms with Crippen LogP contribution in [0.15, 0.2) is 12.7 Å². The zero-order chi connectivity index (χ0) is 14.7. The van der Waals surface area contributed by atoms with Crippen LogP contribution in [0.25, 0.3) is 0 Å². The molecule has 2 heterocycles. The Balaban J connectivity index is 1.41. The van der Waals surface area contributed by atoms with E-state index in [9.17, 15) is 4.79 Å². The first kappa shape index (κ1) is 14.5. The SMILES string of the molecule is CN1CCCC1CC(=O)NC1CCC(n2cncn2)CC1. The first-order chi connectivity index (χ1) is 10.2. The second-order valence-electron chi connectivity index (χ2n) is 6.43. The second-order valence-corrected chi connectivity index (χ2v) is 6.43. The fourth-order valence-electron chi connectivity index (χ4n) is 3.63. The lowest BCUT2D eigenvalue weighted by Crippen LogP contribution is -2.40. The molecule has 0 spiro atoms. The molecule has 1 saturated heterocycles. The molecule has 1 aromatic heterocycles. The molecule has 3 rings (SSSR count). The molecule has 2 fully saturated rings. The molecule has 1 aliphatic carbocycles. The predicted molar refractivity (Wildman–Crippen MR) is 79.7 cm³/mol. The van der Waals surface area contributed by atoms with Crippen molar-refractivity contribution in [3.05, 3.63) is 12.7 Å². The van der Waals surface area contributed by atoms with E-state index in [0.717, 1.165) is 38.6 Å². The van der Waals surface area contributed by atoms with Crippen LogP contribution in [0.1, 0.15) is 51.0 Å². The maximum absolute atomic E-state index is 12.2. The van der Waals surface area contributed by atoms with Crippen LogP contribution in [0.3, 0.4) is 0 Å². The van der Waals surface area contributed by atoms with Crippen LogP contribution >= 0.6 is 0 Å². The Labute approximate surface area is 125 Å². The van der Waals surface area contributed by atoms with E-state index in [0.29, 0.717) is 24.5 Å². The molecule has 1 aromatic rings. The molecule has 1 atom stereocenters. The van der Waals surface area contributed by atoms with Gasteiger partial charge in [-0.05, 0) is 52.1 Å². The first-order valence-corrected chi connectivity index (χ1v) is 8.06. The fraction of sp³-hybridized carbons (Fsp3) is 0.800. The quantitative estimate of drug-likeness (QED) is 0.910. The smallest absolute Gasteiger partial charge is 0.221 e. The van der Waals surface area contributed by atoms with Gasteiger partial charge in [0.05, 0.1) is 6.04 Å². The maximum atomic E-state index is 12.2. The number of nitrogens with zero attached hydrogens (tertiary/aromatic N) is 4. The summed E-state index contributed by atoms with van der Waals surface area (Å²) in [6, 6.07) is 1.22. The third-order valence-corrected chi connectivity index (χ3v) is 4.97. The van der Waals surface area contributed by atoms with Crippen molar-refractivity contribution in [2.75, 3.05) is 13.6 Å². The summed E-state index contributed by atoms with van der Waals surface area (Å²) in [4.78, 5) is 18.5. The fourth-order valence-corrected chi connectivity index (χ4v) is 3.63. The minimum Gasteiger partial charge on any atom is -0.353 e. The molecule has 1 amide bonds. The zero-order valence-electron chi connectivity index (χ0n) is 12.7. The average Bonchev–Trinajstić information content (AvgIpc) is 3.12. The monoisotopic (exact) mass is 291 g/mol. The zero-order valence-corrected chi connectivity index (χ0v) is 12.7. The van der Waals surface area contributed by atoms with Crippen LogP contribution in [0, 0.1) is 0 Å². The molecular formula is C15H25N5O. The lowest BCUT2D eigenvalue weighted by molar-refractivity contribution is -0.123. The van der Waals surface area contributed by atoms with Gasteiger partial charge in [-0.1, -0.05) is 0 Å². The number of aromatic nitrogens is 3. The third kappa shape index (κ3) is 3.61. The van der Waals surface area contributed by atoms with E-state index in [1.54, 1.807) is 12.7 Å². The molecule has 6 heteroatoms. The summed E-state index contributed by atoms with van der Waals surface area (Å²) < 4.78 is 1.95. The van der Waals surface area contributed by atoms with E-state index in [1.165, 1.54) is 6.42 Å². The van der Waals surface area contributed by atoms with Gasteiger partial charge in [-0.3, -0.25) is 4.79 Å². The van der Waals surface area contributed by atoms with Crippen LogP contribution in [-0.4, -0.2) is 51.2 Å². The van der Waals surface area contributed by atoms with Gasteiger partial charge in [0.1, 0.15) is 12.7 Å². The van der Waals surface area contributed by atoms with Crippen LogP contribution in [0.4, 0.5) is 0 Å². The highest BCUT2D eigenvalue weighted by Gasteiger charge is 2.27. The number of nitrogens with one attached hydrogen (secondary N) is 1. The number of likely N-dealkylation sites (tertiary alicyclic amines) is 1. The Bertz CT molecular complexity index is 453. The maximum Gasteiger partial charge on any atom is 0.221 e. The summed E-state index contributed by atoms with van der Waals surface area (Å²) in [6.45, 7) is 1.13. The summed E-state index contributed by atoms with van der Waals surface area (Å²) in [5, 5.41) is 7.44. The van der Waals surface area contributed by atoms with Gasteiger partial charge >= 0.3 is 0 Å². The van der Waals surface area contributed by atoms with Crippen molar-refractivity contribution in [1.29, 1.82) is 0 Å². The van der Waals surface area contributed by atoms with Gasteiger partial charge in [-0.2, -0.15) is 5.10 Å². The summed E-state index contributed by atoms with van der Waals surface area (Å²) >= 11 is 0. The Morgan fingerprint density at radius 3 is 2.71 bits per heavy atom. The van der Waals surface area contributed by atoms with E-state index in [2.05, 4.69) is 27.3 Å². The molecule has 116 valence electrons. The molecule has 1 saturated carbocycles. The van der Waals surface area contributed by atoms with Crippen LogP contribution in [0.2, 0.25) is 0 Å². The molecule has 6 nitrogen and oxygen atoms in total. The van der Waals surface area contributed by atoms with Crippen LogP contribution < -0.4 is 5.32 Å². The Morgan fingerprint density at radius 2 is 2.10 bits per heavy atom.